The molecule has 2 aliphatic heterocycles. The molecule has 0 aromatic heterocycles. The zero-order valence-electron chi connectivity index (χ0n) is 14.4. The quantitative estimate of drug-likeness (QED) is 0.905. The van der Waals surface area contributed by atoms with Crippen molar-refractivity contribution in [1.29, 1.82) is 0 Å². The molecule has 4 heteroatoms. The third-order valence-electron chi connectivity index (χ3n) is 4.88. The van der Waals surface area contributed by atoms with Crippen molar-refractivity contribution in [3.05, 3.63) is 24.3 Å². The van der Waals surface area contributed by atoms with E-state index in [1.54, 1.807) is 0 Å². The first-order valence-corrected chi connectivity index (χ1v) is 9.04. The number of likely N-dealkylation sites (tertiary alicyclic amines) is 1. The minimum atomic E-state index is -0.0914. The van der Waals surface area contributed by atoms with E-state index in [4.69, 9.17) is 0 Å². The Labute approximate surface area is 139 Å². The highest BCUT2D eigenvalue weighted by Crippen LogP contribution is 2.32. The molecule has 0 aliphatic carbocycles. The maximum Gasteiger partial charge on any atom is 0.249 e. The highest BCUT2D eigenvalue weighted by molar-refractivity contribution is 6.04. The van der Waals surface area contributed by atoms with Crippen molar-refractivity contribution >= 4 is 17.3 Å². The van der Waals surface area contributed by atoms with Crippen LogP contribution in [0.4, 0.5) is 11.4 Å². The summed E-state index contributed by atoms with van der Waals surface area (Å²) in [5, 5.41) is 3.44. The van der Waals surface area contributed by atoms with Crippen LogP contribution in [0.1, 0.15) is 39.5 Å². The summed E-state index contributed by atoms with van der Waals surface area (Å²) in [6, 6.07) is 8.11. The second-order valence-corrected chi connectivity index (χ2v) is 7.24. The molecule has 1 unspecified atom stereocenters. The fraction of sp³-hybridized carbons (Fsp3) is 0.632. The normalized spacial score (nSPS) is 22.1. The second kappa shape index (κ2) is 7.35. The van der Waals surface area contributed by atoms with Gasteiger partial charge in [-0.3, -0.25) is 4.79 Å². The van der Waals surface area contributed by atoms with Gasteiger partial charge in [0.1, 0.15) is 6.04 Å². The molecular formula is C19H29N3O. The number of hydrogen-bond acceptors (Lipinski definition) is 3. The third kappa shape index (κ3) is 3.86. The van der Waals surface area contributed by atoms with Crippen molar-refractivity contribution in [3.63, 3.8) is 0 Å². The van der Waals surface area contributed by atoms with Gasteiger partial charge in [0, 0.05) is 13.1 Å². The van der Waals surface area contributed by atoms with Gasteiger partial charge in [-0.2, -0.15) is 0 Å². The number of rotatable bonds is 5. The standard InChI is InChI=1S/C19H29N3O/c1-15(2)14-17-19(23)22(13-12-21-10-6-3-7-11-21)18-9-5-4-8-16(18)20-17/h4-5,8-9,15,17,20H,3,6-7,10-14H2,1-2H3. The SMILES string of the molecule is CC(C)CC1Nc2ccccc2N(CCN2CCCCC2)C1=O. The number of nitrogens with one attached hydrogen (secondary N) is 1. The molecule has 0 spiro atoms. The zero-order valence-corrected chi connectivity index (χ0v) is 14.4. The van der Waals surface area contributed by atoms with Crippen LogP contribution in [0.3, 0.4) is 0 Å². The van der Waals surface area contributed by atoms with Crippen molar-refractivity contribution in [3.8, 4) is 0 Å². The summed E-state index contributed by atoms with van der Waals surface area (Å²) in [4.78, 5) is 17.4. The Morgan fingerprint density at radius 3 is 2.61 bits per heavy atom. The average Bonchev–Trinajstić information content (AvgIpc) is 2.55. The first kappa shape index (κ1) is 16.3. The van der Waals surface area contributed by atoms with Gasteiger partial charge in [0.25, 0.3) is 0 Å². The molecule has 4 nitrogen and oxygen atoms in total. The number of amides is 1. The second-order valence-electron chi connectivity index (χ2n) is 7.24. The number of carbonyl (C=O) groups is 1. The Bertz CT molecular complexity index is 537. The van der Waals surface area contributed by atoms with E-state index < -0.39 is 0 Å². The van der Waals surface area contributed by atoms with Crippen LogP contribution in [-0.2, 0) is 4.79 Å². The summed E-state index contributed by atoms with van der Waals surface area (Å²) >= 11 is 0. The molecule has 23 heavy (non-hydrogen) atoms. The lowest BCUT2D eigenvalue weighted by atomic mass is 9.99. The predicted octanol–water partition coefficient (Wildman–Crippen LogP) is 3.35. The Hall–Kier alpha value is -1.55. The zero-order chi connectivity index (χ0) is 16.2. The fourth-order valence-corrected chi connectivity index (χ4v) is 3.67. The molecule has 3 rings (SSSR count). The predicted molar refractivity (Wildman–Crippen MR) is 96.0 cm³/mol. The summed E-state index contributed by atoms with van der Waals surface area (Å²) in [5.41, 5.74) is 2.13. The lowest BCUT2D eigenvalue weighted by Gasteiger charge is -2.37. The largest absolute Gasteiger partial charge is 0.372 e. The van der Waals surface area contributed by atoms with Gasteiger partial charge in [0.2, 0.25) is 5.91 Å². The molecule has 1 saturated heterocycles. The average molecular weight is 315 g/mol. The highest BCUT2D eigenvalue weighted by atomic mass is 16.2. The molecule has 1 aromatic rings. The van der Waals surface area contributed by atoms with Crippen LogP contribution in [-0.4, -0.2) is 43.0 Å². The first-order valence-electron chi connectivity index (χ1n) is 9.04. The van der Waals surface area contributed by atoms with Gasteiger partial charge in [0.15, 0.2) is 0 Å². The number of nitrogens with zero attached hydrogens (tertiary/aromatic N) is 2. The van der Waals surface area contributed by atoms with Crippen LogP contribution >= 0.6 is 0 Å². The van der Waals surface area contributed by atoms with Crippen LogP contribution in [0.15, 0.2) is 24.3 Å². The van der Waals surface area contributed by atoms with E-state index in [9.17, 15) is 4.79 Å². The highest BCUT2D eigenvalue weighted by Gasteiger charge is 2.32. The topological polar surface area (TPSA) is 35.6 Å². The summed E-state index contributed by atoms with van der Waals surface area (Å²) in [6.07, 6.45) is 4.82. The molecule has 0 saturated carbocycles. The smallest absolute Gasteiger partial charge is 0.249 e. The van der Waals surface area contributed by atoms with Gasteiger partial charge in [-0.15, -0.1) is 0 Å². The molecule has 1 atom stereocenters. The number of carbonyl (C=O) groups excluding carboxylic acids is 1. The molecule has 126 valence electrons. The minimum Gasteiger partial charge on any atom is -0.372 e. The Morgan fingerprint density at radius 2 is 1.87 bits per heavy atom. The van der Waals surface area contributed by atoms with Gasteiger partial charge in [-0.1, -0.05) is 32.4 Å². The fourth-order valence-electron chi connectivity index (χ4n) is 3.67. The van der Waals surface area contributed by atoms with Crippen molar-refractivity contribution in [2.24, 2.45) is 5.92 Å². The van der Waals surface area contributed by atoms with E-state index >= 15 is 0 Å². The Morgan fingerprint density at radius 1 is 1.13 bits per heavy atom. The maximum atomic E-state index is 12.9. The van der Waals surface area contributed by atoms with E-state index in [1.807, 2.05) is 17.0 Å². The minimum absolute atomic E-state index is 0.0914. The molecular weight excluding hydrogens is 286 g/mol. The number of anilines is 2. The monoisotopic (exact) mass is 315 g/mol. The summed E-state index contributed by atoms with van der Waals surface area (Å²) in [6.45, 7) is 8.48. The molecule has 1 aromatic carbocycles. The van der Waals surface area contributed by atoms with Crippen molar-refractivity contribution in [2.75, 3.05) is 36.4 Å². The Kier molecular flexibility index (Phi) is 5.21. The van der Waals surface area contributed by atoms with Crippen LogP contribution < -0.4 is 10.2 Å². The lowest BCUT2D eigenvalue weighted by Crippen LogP contribution is -2.50. The van der Waals surface area contributed by atoms with E-state index in [-0.39, 0.29) is 11.9 Å². The maximum absolute atomic E-state index is 12.9. The van der Waals surface area contributed by atoms with Crippen LogP contribution in [0.2, 0.25) is 0 Å². The van der Waals surface area contributed by atoms with Crippen molar-refractivity contribution < 1.29 is 4.79 Å². The first-order chi connectivity index (χ1) is 11.1. The number of para-hydroxylation sites is 2. The summed E-state index contributed by atoms with van der Waals surface area (Å²) in [5.74, 6) is 0.736. The molecule has 2 heterocycles. The van der Waals surface area contributed by atoms with Gasteiger partial charge < -0.3 is 15.1 Å². The molecule has 0 bridgehead atoms. The molecule has 1 amide bonds. The summed E-state index contributed by atoms with van der Waals surface area (Å²) in [7, 11) is 0. The number of fused-ring (bicyclic) bond motifs is 1. The van der Waals surface area contributed by atoms with Crippen molar-refractivity contribution in [2.45, 2.75) is 45.6 Å². The van der Waals surface area contributed by atoms with Gasteiger partial charge in [-0.25, -0.2) is 0 Å². The third-order valence-corrected chi connectivity index (χ3v) is 4.88. The molecule has 1 N–H and O–H groups in total. The van der Waals surface area contributed by atoms with E-state index in [1.165, 1.54) is 32.4 Å². The summed E-state index contributed by atoms with van der Waals surface area (Å²) < 4.78 is 0. The van der Waals surface area contributed by atoms with Gasteiger partial charge in [0.05, 0.1) is 11.4 Å². The molecule has 0 radical (unpaired) electrons. The van der Waals surface area contributed by atoms with Crippen LogP contribution in [0.25, 0.3) is 0 Å². The number of hydrogen-bond donors (Lipinski definition) is 1. The number of piperidine rings is 1. The van der Waals surface area contributed by atoms with Crippen molar-refractivity contribution in [1.82, 2.24) is 4.90 Å². The molecule has 2 aliphatic rings. The van der Waals surface area contributed by atoms with E-state index in [0.717, 1.165) is 30.9 Å². The van der Waals surface area contributed by atoms with E-state index in [2.05, 4.69) is 36.2 Å². The van der Waals surface area contributed by atoms with Crippen LogP contribution in [0.5, 0.6) is 0 Å². The lowest BCUT2D eigenvalue weighted by molar-refractivity contribution is -0.120. The molecule has 1 fully saturated rings. The number of benzene rings is 1. The van der Waals surface area contributed by atoms with E-state index in [0.29, 0.717) is 5.92 Å². The Balaban J connectivity index is 1.73. The van der Waals surface area contributed by atoms with Gasteiger partial charge >= 0.3 is 0 Å². The van der Waals surface area contributed by atoms with Gasteiger partial charge in [-0.05, 0) is 50.4 Å². The van der Waals surface area contributed by atoms with Crippen LogP contribution in [0, 0.1) is 5.92 Å².